The SMILES string of the molecule is CNC(CSc1ccc(Br)cc1)c1c(Cl)cnn1C. The van der Waals surface area contributed by atoms with Crippen molar-refractivity contribution in [2.75, 3.05) is 12.8 Å². The zero-order valence-electron chi connectivity index (χ0n) is 10.7. The van der Waals surface area contributed by atoms with Crippen LogP contribution in [0, 0.1) is 0 Å². The Morgan fingerprint density at radius 1 is 1.42 bits per heavy atom. The molecule has 3 nitrogen and oxygen atoms in total. The maximum Gasteiger partial charge on any atom is 0.0834 e. The van der Waals surface area contributed by atoms with Crippen LogP contribution >= 0.6 is 39.3 Å². The van der Waals surface area contributed by atoms with Crippen LogP contribution in [0.5, 0.6) is 0 Å². The Kier molecular flexibility index (Phi) is 5.33. The van der Waals surface area contributed by atoms with E-state index < -0.39 is 0 Å². The Hall–Kier alpha value is -0.490. The summed E-state index contributed by atoms with van der Waals surface area (Å²) in [6.07, 6.45) is 1.69. The van der Waals surface area contributed by atoms with Crippen molar-refractivity contribution in [3.63, 3.8) is 0 Å². The van der Waals surface area contributed by atoms with E-state index >= 15 is 0 Å². The molecule has 0 spiro atoms. The van der Waals surface area contributed by atoms with E-state index in [9.17, 15) is 0 Å². The molecule has 0 fully saturated rings. The molecule has 2 rings (SSSR count). The van der Waals surface area contributed by atoms with Gasteiger partial charge in [-0.05, 0) is 31.3 Å². The van der Waals surface area contributed by atoms with Crippen molar-refractivity contribution in [2.45, 2.75) is 10.9 Å². The third kappa shape index (κ3) is 3.75. The molecule has 1 atom stereocenters. The number of aromatic nitrogens is 2. The van der Waals surface area contributed by atoms with Gasteiger partial charge in [0.15, 0.2) is 0 Å². The van der Waals surface area contributed by atoms with E-state index in [1.54, 1.807) is 18.0 Å². The molecule has 19 heavy (non-hydrogen) atoms. The molecule has 1 unspecified atom stereocenters. The van der Waals surface area contributed by atoms with Gasteiger partial charge in [0.25, 0.3) is 0 Å². The number of nitrogens with zero attached hydrogens (tertiary/aromatic N) is 2. The van der Waals surface area contributed by atoms with E-state index in [1.165, 1.54) is 4.90 Å². The summed E-state index contributed by atoms with van der Waals surface area (Å²) in [7, 11) is 3.85. The zero-order chi connectivity index (χ0) is 13.8. The van der Waals surface area contributed by atoms with Crippen LogP contribution in [0.3, 0.4) is 0 Å². The Labute approximate surface area is 130 Å². The van der Waals surface area contributed by atoms with Gasteiger partial charge in [-0.25, -0.2) is 0 Å². The Morgan fingerprint density at radius 3 is 2.63 bits per heavy atom. The van der Waals surface area contributed by atoms with E-state index in [0.29, 0.717) is 5.02 Å². The van der Waals surface area contributed by atoms with Crippen molar-refractivity contribution in [1.82, 2.24) is 15.1 Å². The maximum absolute atomic E-state index is 6.18. The number of halogens is 2. The number of thioether (sulfide) groups is 1. The lowest BCUT2D eigenvalue weighted by molar-refractivity contribution is 0.586. The number of nitrogens with one attached hydrogen (secondary N) is 1. The van der Waals surface area contributed by atoms with E-state index in [4.69, 9.17) is 11.6 Å². The number of rotatable bonds is 5. The molecule has 2 aromatic rings. The molecular weight excluding hydrogens is 346 g/mol. The van der Waals surface area contributed by atoms with Gasteiger partial charge in [0.05, 0.1) is 23.0 Å². The van der Waals surface area contributed by atoms with Crippen LogP contribution in [0.4, 0.5) is 0 Å². The van der Waals surface area contributed by atoms with E-state index in [0.717, 1.165) is 15.9 Å². The van der Waals surface area contributed by atoms with Gasteiger partial charge in [-0.15, -0.1) is 11.8 Å². The summed E-state index contributed by atoms with van der Waals surface area (Å²) in [6, 6.07) is 8.48. The largest absolute Gasteiger partial charge is 0.311 e. The van der Waals surface area contributed by atoms with Gasteiger partial charge in [0.2, 0.25) is 0 Å². The van der Waals surface area contributed by atoms with Crippen LogP contribution in [0.2, 0.25) is 5.02 Å². The lowest BCUT2D eigenvalue weighted by Crippen LogP contribution is -2.22. The monoisotopic (exact) mass is 359 g/mol. The van der Waals surface area contributed by atoms with E-state index in [1.807, 2.05) is 30.9 Å². The van der Waals surface area contributed by atoms with Gasteiger partial charge < -0.3 is 5.32 Å². The number of hydrogen-bond acceptors (Lipinski definition) is 3. The summed E-state index contributed by atoms with van der Waals surface area (Å²) in [4.78, 5) is 1.24. The van der Waals surface area contributed by atoms with Crippen LogP contribution in [0.1, 0.15) is 11.7 Å². The molecule has 1 aromatic carbocycles. The first-order valence-electron chi connectivity index (χ1n) is 5.85. The summed E-state index contributed by atoms with van der Waals surface area (Å²) in [6.45, 7) is 0. The highest BCUT2D eigenvalue weighted by molar-refractivity contribution is 9.10. The molecule has 0 amide bonds. The first kappa shape index (κ1) is 14.9. The second-order valence-electron chi connectivity index (χ2n) is 4.11. The minimum absolute atomic E-state index is 0.175. The van der Waals surface area contributed by atoms with Gasteiger partial charge in [-0.1, -0.05) is 27.5 Å². The molecule has 1 N–H and O–H groups in total. The molecule has 0 saturated heterocycles. The van der Waals surface area contributed by atoms with Crippen molar-refractivity contribution in [1.29, 1.82) is 0 Å². The fourth-order valence-electron chi connectivity index (χ4n) is 1.82. The first-order valence-corrected chi connectivity index (χ1v) is 8.00. The predicted octanol–water partition coefficient (Wildman–Crippen LogP) is 3.89. The summed E-state index contributed by atoms with van der Waals surface area (Å²) in [5.74, 6) is 0.900. The second kappa shape index (κ2) is 6.79. The predicted molar refractivity (Wildman–Crippen MR) is 84.9 cm³/mol. The lowest BCUT2D eigenvalue weighted by atomic mass is 10.2. The Balaban J connectivity index is 2.06. The number of hydrogen-bond donors (Lipinski definition) is 1. The third-order valence-electron chi connectivity index (χ3n) is 2.85. The van der Waals surface area contributed by atoms with Gasteiger partial charge in [-0.3, -0.25) is 4.68 Å². The molecule has 1 heterocycles. The van der Waals surface area contributed by atoms with Gasteiger partial charge in [0.1, 0.15) is 0 Å². The van der Waals surface area contributed by atoms with Crippen LogP contribution in [-0.4, -0.2) is 22.6 Å². The fourth-order valence-corrected chi connectivity index (χ4v) is 3.40. The zero-order valence-corrected chi connectivity index (χ0v) is 13.9. The highest BCUT2D eigenvalue weighted by atomic mass is 79.9. The molecule has 0 aliphatic rings. The van der Waals surface area contributed by atoms with Crippen molar-refractivity contribution in [2.24, 2.45) is 7.05 Å². The third-order valence-corrected chi connectivity index (χ3v) is 4.77. The molecule has 0 bridgehead atoms. The van der Waals surface area contributed by atoms with Crippen molar-refractivity contribution >= 4 is 39.3 Å². The second-order valence-corrected chi connectivity index (χ2v) is 6.52. The van der Waals surface area contributed by atoms with Crippen LogP contribution in [0.15, 0.2) is 39.8 Å². The number of aryl methyl sites for hydroxylation is 1. The fraction of sp³-hybridized carbons (Fsp3) is 0.308. The highest BCUT2D eigenvalue weighted by Crippen LogP contribution is 2.28. The molecule has 102 valence electrons. The van der Waals surface area contributed by atoms with Crippen LogP contribution in [0.25, 0.3) is 0 Å². The molecule has 0 aliphatic carbocycles. The summed E-state index contributed by atoms with van der Waals surface area (Å²) in [5, 5.41) is 8.18. The van der Waals surface area contributed by atoms with Crippen molar-refractivity contribution < 1.29 is 0 Å². The topological polar surface area (TPSA) is 29.9 Å². The summed E-state index contributed by atoms with van der Waals surface area (Å²) >= 11 is 11.4. The average molecular weight is 361 g/mol. The first-order chi connectivity index (χ1) is 9.11. The lowest BCUT2D eigenvalue weighted by Gasteiger charge is -2.16. The van der Waals surface area contributed by atoms with E-state index in [2.05, 4.69) is 38.5 Å². The minimum atomic E-state index is 0.175. The molecule has 0 aliphatic heterocycles. The highest BCUT2D eigenvalue weighted by Gasteiger charge is 2.17. The van der Waals surface area contributed by atoms with Crippen LogP contribution in [-0.2, 0) is 7.05 Å². The molecule has 0 saturated carbocycles. The van der Waals surface area contributed by atoms with Gasteiger partial charge in [-0.2, -0.15) is 5.10 Å². The molecular formula is C13H15BrClN3S. The average Bonchev–Trinajstić information content (AvgIpc) is 2.73. The van der Waals surface area contributed by atoms with Gasteiger partial charge in [0, 0.05) is 22.2 Å². The Morgan fingerprint density at radius 2 is 2.11 bits per heavy atom. The molecule has 1 aromatic heterocycles. The quantitative estimate of drug-likeness (QED) is 0.820. The molecule has 6 heteroatoms. The normalized spacial score (nSPS) is 12.6. The summed E-state index contributed by atoms with van der Waals surface area (Å²) < 4.78 is 2.92. The van der Waals surface area contributed by atoms with Crippen LogP contribution < -0.4 is 5.32 Å². The van der Waals surface area contributed by atoms with Gasteiger partial charge >= 0.3 is 0 Å². The number of benzene rings is 1. The smallest absolute Gasteiger partial charge is 0.0834 e. The summed E-state index contributed by atoms with van der Waals surface area (Å²) in [5.41, 5.74) is 1.02. The van der Waals surface area contributed by atoms with Crippen molar-refractivity contribution in [3.05, 3.63) is 45.7 Å². The Bertz CT molecular complexity index is 522. The van der Waals surface area contributed by atoms with E-state index in [-0.39, 0.29) is 6.04 Å². The minimum Gasteiger partial charge on any atom is -0.311 e. The molecule has 0 radical (unpaired) electrons. The maximum atomic E-state index is 6.18. The van der Waals surface area contributed by atoms with Crippen molar-refractivity contribution in [3.8, 4) is 0 Å². The standard InChI is InChI=1S/C13H15BrClN3S/c1-16-12(13-11(15)7-17-18(13)2)8-19-10-5-3-9(14)4-6-10/h3-7,12,16H,8H2,1-2H3.